The van der Waals surface area contributed by atoms with Crippen LogP contribution < -0.4 is 5.73 Å². The first-order chi connectivity index (χ1) is 7.20. The fraction of sp³-hybridized carbons (Fsp3) is 0.600. The summed E-state index contributed by atoms with van der Waals surface area (Å²) in [6, 6.07) is 0. The lowest BCUT2D eigenvalue weighted by atomic mass is 10.2. The standard InChI is InChI=1S/C10H18N4O/c1-3-5-14(6-4-2)10(15)8-7-12-13-9(8)11/h7H,3-6H2,1-2H3,(H3,11,12,13). The summed E-state index contributed by atoms with van der Waals surface area (Å²) in [5.74, 6) is 0.308. The lowest BCUT2D eigenvalue weighted by Gasteiger charge is -2.20. The Morgan fingerprint density at radius 1 is 1.47 bits per heavy atom. The van der Waals surface area contributed by atoms with Crippen molar-refractivity contribution in [3.05, 3.63) is 11.8 Å². The summed E-state index contributed by atoms with van der Waals surface area (Å²) >= 11 is 0. The minimum Gasteiger partial charge on any atom is -0.383 e. The number of anilines is 1. The molecule has 0 atom stereocenters. The van der Waals surface area contributed by atoms with Gasteiger partial charge >= 0.3 is 0 Å². The average Bonchev–Trinajstić information content (AvgIpc) is 2.63. The second kappa shape index (κ2) is 5.38. The fourth-order valence-corrected chi connectivity index (χ4v) is 1.49. The molecule has 0 aliphatic rings. The molecule has 0 fully saturated rings. The third-order valence-corrected chi connectivity index (χ3v) is 2.17. The van der Waals surface area contributed by atoms with Gasteiger partial charge in [-0.3, -0.25) is 9.89 Å². The molecule has 0 aromatic carbocycles. The van der Waals surface area contributed by atoms with Crippen molar-refractivity contribution in [1.29, 1.82) is 0 Å². The molecule has 1 aromatic heterocycles. The molecule has 0 saturated heterocycles. The smallest absolute Gasteiger partial charge is 0.259 e. The molecule has 1 amide bonds. The summed E-state index contributed by atoms with van der Waals surface area (Å²) in [4.78, 5) is 13.8. The van der Waals surface area contributed by atoms with Crippen molar-refractivity contribution in [3.63, 3.8) is 0 Å². The summed E-state index contributed by atoms with van der Waals surface area (Å²) < 4.78 is 0. The lowest BCUT2D eigenvalue weighted by molar-refractivity contribution is 0.0756. The minimum atomic E-state index is -0.0371. The Labute approximate surface area is 89.6 Å². The monoisotopic (exact) mass is 210 g/mol. The largest absolute Gasteiger partial charge is 0.383 e. The maximum absolute atomic E-state index is 12.0. The highest BCUT2D eigenvalue weighted by atomic mass is 16.2. The van der Waals surface area contributed by atoms with Gasteiger partial charge in [-0.2, -0.15) is 5.10 Å². The highest BCUT2D eigenvalue weighted by Crippen LogP contribution is 2.10. The van der Waals surface area contributed by atoms with E-state index in [1.807, 2.05) is 0 Å². The van der Waals surface area contributed by atoms with Crippen molar-refractivity contribution < 1.29 is 4.79 Å². The van der Waals surface area contributed by atoms with E-state index in [1.165, 1.54) is 6.20 Å². The molecular weight excluding hydrogens is 192 g/mol. The Balaban J connectivity index is 2.76. The number of hydrogen-bond acceptors (Lipinski definition) is 3. The van der Waals surface area contributed by atoms with Crippen LogP contribution in [-0.2, 0) is 0 Å². The third-order valence-electron chi connectivity index (χ3n) is 2.17. The fourth-order valence-electron chi connectivity index (χ4n) is 1.49. The van der Waals surface area contributed by atoms with E-state index in [1.54, 1.807) is 4.90 Å². The Hall–Kier alpha value is -1.52. The molecule has 0 unspecified atom stereocenters. The van der Waals surface area contributed by atoms with Crippen molar-refractivity contribution in [3.8, 4) is 0 Å². The number of nitrogens with zero attached hydrogens (tertiary/aromatic N) is 2. The first kappa shape index (κ1) is 11.6. The number of nitrogens with one attached hydrogen (secondary N) is 1. The minimum absolute atomic E-state index is 0.0371. The number of nitrogens with two attached hydrogens (primary N) is 1. The SMILES string of the molecule is CCCN(CCC)C(=O)c1cn[nH]c1N. The predicted molar refractivity (Wildman–Crippen MR) is 59.5 cm³/mol. The molecule has 1 aromatic rings. The molecular formula is C10H18N4O. The topological polar surface area (TPSA) is 75.0 Å². The van der Waals surface area contributed by atoms with Gasteiger partial charge in [0, 0.05) is 13.1 Å². The van der Waals surface area contributed by atoms with E-state index in [0.717, 1.165) is 25.9 Å². The van der Waals surface area contributed by atoms with E-state index < -0.39 is 0 Å². The predicted octanol–water partition coefficient (Wildman–Crippen LogP) is 1.25. The molecule has 5 heteroatoms. The van der Waals surface area contributed by atoms with E-state index >= 15 is 0 Å². The maximum atomic E-state index is 12.0. The van der Waals surface area contributed by atoms with E-state index in [0.29, 0.717) is 11.4 Å². The van der Waals surface area contributed by atoms with Gasteiger partial charge in [-0.1, -0.05) is 13.8 Å². The highest BCUT2D eigenvalue weighted by Gasteiger charge is 2.17. The number of amides is 1. The lowest BCUT2D eigenvalue weighted by Crippen LogP contribution is -2.32. The number of carbonyl (C=O) groups excluding carboxylic acids is 1. The van der Waals surface area contributed by atoms with Gasteiger partial charge in [0.15, 0.2) is 0 Å². The Morgan fingerprint density at radius 2 is 2.07 bits per heavy atom. The number of hydrogen-bond donors (Lipinski definition) is 2. The zero-order valence-electron chi connectivity index (χ0n) is 9.29. The summed E-state index contributed by atoms with van der Waals surface area (Å²) in [7, 11) is 0. The maximum Gasteiger partial charge on any atom is 0.259 e. The van der Waals surface area contributed by atoms with Gasteiger partial charge in [0.05, 0.1) is 6.20 Å². The van der Waals surface area contributed by atoms with Crippen LogP contribution in [-0.4, -0.2) is 34.1 Å². The molecule has 0 saturated carbocycles. The Kier molecular flexibility index (Phi) is 4.15. The molecule has 15 heavy (non-hydrogen) atoms. The van der Waals surface area contributed by atoms with Crippen LogP contribution in [0.4, 0.5) is 5.82 Å². The van der Waals surface area contributed by atoms with Crippen molar-refractivity contribution in [2.75, 3.05) is 18.8 Å². The van der Waals surface area contributed by atoms with E-state index in [-0.39, 0.29) is 5.91 Å². The van der Waals surface area contributed by atoms with Gasteiger partial charge in [-0.05, 0) is 12.8 Å². The molecule has 3 N–H and O–H groups in total. The van der Waals surface area contributed by atoms with Crippen LogP contribution in [0.15, 0.2) is 6.20 Å². The summed E-state index contributed by atoms with van der Waals surface area (Å²) in [5.41, 5.74) is 6.08. The van der Waals surface area contributed by atoms with Gasteiger partial charge < -0.3 is 10.6 Å². The molecule has 5 nitrogen and oxygen atoms in total. The summed E-state index contributed by atoms with van der Waals surface area (Å²) in [5, 5.41) is 6.32. The van der Waals surface area contributed by atoms with E-state index in [9.17, 15) is 4.79 Å². The van der Waals surface area contributed by atoms with Crippen LogP contribution in [0.25, 0.3) is 0 Å². The van der Waals surface area contributed by atoms with Gasteiger partial charge in [-0.15, -0.1) is 0 Å². The van der Waals surface area contributed by atoms with Crippen molar-refractivity contribution >= 4 is 11.7 Å². The van der Waals surface area contributed by atoms with Crippen LogP contribution in [0, 0.1) is 0 Å². The number of rotatable bonds is 5. The first-order valence-electron chi connectivity index (χ1n) is 5.28. The van der Waals surface area contributed by atoms with E-state index in [2.05, 4.69) is 24.0 Å². The number of carbonyl (C=O) groups is 1. The number of nitrogen functional groups attached to an aromatic ring is 1. The quantitative estimate of drug-likeness (QED) is 0.768. The van der Waals surface area contributed by atoms with Crippen molar-refractivity contribution in [2.45, 2.75) is 26.7 Å². The molecule has 0 aliphatic heterocycles. The van der Waals surface area contributed by atoms with Crippen molar-refractivity contribution in [1.82, 2.24) is 15.1 Å². The average molecular weight is 210 g/mol. The first-order valence-corrected chi connectivity index (χ1v) is 5.28. The normalized spacial score (nSPS) is 10.3. The molecule has 0 aliphatic carbocycles. The molecule has 0 spiro atoms. The molecule has 84 valence electrons. The van der Waals surface area contributed by atoms with Gasteiger partial charge in [0.25, 0.3) is 5.91 Å². The van der Waals surface area contributed by atoms with Gasteiger partial charge in [0.1, 0.15) is 11.4 Å². The summed E-state index contributed by atoms with van der Waals surface area (Å²) in [6.45, 7) is 5.62. The summed E-state index contributed by atoms with van der Waals surface area (Å²) in [6.07, 6.45) is 3.38. The Bertz CT molecular complexity index is 315. The van der Waals surface area contributed by atoms with Crippen LogP contribution in [0.5, 0.6) is 0 Å². The zero-order chi connectivity index (χ0) is 11.3. The molecule has 0 bridgehead atoms. The molecule has 1 heterocycles. The number of aromatic nitrogens is 2. The van der Waals surface area contributed by atoms with Crippen LogP contribution in [0.3, 0.4) is 0 Å². The van der Waals surface area contributed by atoms with Crippen LogP contribution >= 0.6 is 0 Å². The van der Waals surface area contributed by atoms with Gasteiger partial charge in [-0.25, -0.2) is 0 Å². The van der Waals surface area contributed by atoms with Gasteiger partial charge in [0.2, 0.25) is 0 Å². The third kappa shape index (κ3) is 2.71. The van der Waals surface area contributed by atoms with E-state index in [4.69, 9.17) is 5.73 Å². The van der Waals surface area contributed by atoms with Crippen LogP contribution in [0.1, 0.15) is 37.0 Å². The second-order valence-electron chi connectivity index (χ2n) is 3.49. The number of H-pyrrole nitrogens is 1. The Morgan fingerprint density at radius 3 is 2.47 bits per heavy atom. The highest BCUT2D eigenvalue weighted by molar-refractivity contribution is 5.98. The van der Waals surface area contributed by atoms with Crippen molar-refractivity contribution in [2.24, 2.45) is 0 Å². The molecule has 1 rings (SSSR count). The molecule has 0 radical (unpaired) electrons. The number of aromatic amines is 1. The zero-order valence-corrected chi connectivity index (χ0v) is 9.29. The second-order valence-corrected chi connectivity index (χ2v) is 3.49. The van der Waals surface area contributed by atoms with Crippen LogP contribution in [0.2, 0.25) is 0 Å².